The third-order valence-electron chi connectivity index (χ3n) is 9.98. The molecule has 52 heavy (non-hydrogen) atoms. The van der Waals surface area contributed by atoms with Crippen molar-refractivity contribution in [2.45, 2.75) is 219 Å². The molecule has 2 N–H and O–H groups in total. The molecule has 0 unspecified atom stereocenters. The first kappa shape index (κ1) is 46.8. The highest BCUT2D eigenvalue weighted by molar-refractivity contribution is 5.73. The van der Waals surface area contributed by atoms with E-state index in [0.717, 1.165) is 25.7 Å². The third-order valence-corrected chi connectivity index (χ3v) is 9.98. The van der Waals surface area contributed by atoms with E-state index >= 15 is 0 Å². The molecule has 2 aliphatic heterocycles. The zero-order valence-electron chi connectivity index (χ0n) is 33.8. The minimum Gasteiger partial charge on any atom is -0.479 e. The molecule has 11 nitrogen and oxygen atoms in total. The van der Waals surface area contributed by atoms with Crippen LogP contribution < -0.4 is 5.32 Å². The zero-order chi connectivity index (χ0) is 38.0. The summed E-state index contributed by atoms with van der Waals surface area (Å²) in [6.07, 6.45) is 20.6. The van der Waals surface area contributed by atoms with E-state index in [1.165, 1.54) is 117 Å². The molecular formula is C41H77NO10. The van der Waals surface area contributed by atoms with E-state index < -0.39 is 48.5 Å². The molecule has 306 valence electrons. The van der Waals surface area contributed by atoms with E-state index in [2.05, 4.69) is 19.2 Å². The average molecular weight is 744 g/mol. The zero-order valence-corrected chi connectivity index (χ0v) is 33.8. The Balaban J connectivity index is 1.94. The van der Waals surface area contributed by atoms with Crippen LogP contribution in [0.3, 0.4) is 0 Å². The summed E-state index contributed by atoms with van der Waals surface area (Å²) < 4.78 is 43.2. The molecule has 0 bridgehead atoms. The normalized spacial score (nSPS) is 23.9. The van der Waals surface area contributed by atoms with Crippen LogP contribution in [-0.4, -0.2) is 98.7 Å². The fraction of sp³-hybridized carbons (Fsp3) is 0.951. The fourth-order valence-corrected chi connectivity index (χ4v) is 6.90. The summed E-state index contributed by atoms with van der Waals surface area (Å²) in [5.41, 5.74) is 0. The Morgan fingerprint density at radius 1 is 0.788 bits per heavy atom. The number of carboxylic acid groups (broad SMARTS) is 1. The van der Waals surface area contributed by atoms with Crippen LogP contribution in [0, 0.1) is 0 Å². The van der Waals surface area contributed by atoms with E-state index in [0.29, 0.717) is 19.8 Å². The summed E-state index contributed by atoms with van der Waals surface area (Å²) in [4.78, 5) is 24.2. The lowest BCUT2D eigenvalue weighted by atomic mass is 9.94. The molecule has 0 spiro atoms. The van der Waals surface area contributed by atoms with Crippen molar-refractivity contribution in [3.05, 3.63) is 0 Å². The van der Waals surface area contributed by atoms with E-state index in [4.69, 9.17) is 33.2 Å². The smallest absolute Gasteiger partial charge is 0.332 e. The van der Waals surface area contributed by atoms with Gasteiger partial charge in [0.25, 0.3) is 0 Å². The first-order valence-electron chi connectivity index (χ1n) is 21.0. The summed E-state index contributed by atoms with van der Waals surface area (Å²) in [5.74, 6) is -2.38. The number of carbonyl (C=O) groups is 2. The van der Waals surface area contributed by atoms with Crippen molar-refractivity contribution in [1.29, 1.82) is 0 Å². The van der Waals surface area contributed by atoms with Crippen LogP contribution >= 0.6 is 0 Å². The van der Waals surface area contributed by atoms with E-state index in [9.17, 15) is 14.7 Å². The fourth-order valence-electron chi connectivity index (χ4n) is 6.90. The number of hydrogen-bond donors (Lipinski definition) is 2. The molecule has 0 aromatic heterocycles. The number of nitrogens with one attached hydrogen (secondary N) is 1. The van der Waals surface area contributed by atoms with Crippen LogP contribution in [0.4, 0.5) is 0 Å². The highest BCUT2D eigenvalue weighted by Gasteiger charge is 2.53. The van der Waals surface area contributed by atoms with Crippen molar-refractivity contribution in [3.63, 3.8) is 0 Å². The lowest BCUT2D eigenvalue weighted by Crippen LogP contribution is -2.69. The molecule has 0 aliphatic carbocycles. The third kappa shape index (κ3) is 20.4. The standard InChI is InChI=1S/C41H77NO10/c1-7-9-11-13-15-17-19-21-23-25-27-46-29-34(47-28-26-24-22-20-18-16-14-12-10-8-2)30-48-40-36(42-33(4)43)38(50-32(3)39(44)45)37-35(51-40)31-49-41(5,6)52-37/h32,34-38,40H,7-31H2,1-6H3,(H,42,43)(H,44,45)/t32-,34-,35-,36-,37-,38-,40-/m1/s1. The van der Waals surface area contributed by atoms with Gasteiger partial charge >= 0.3 is 5.97 Å². The van der Waals surface area contributed by atoms with Crippen LogP contribution in [0.2, 0.25) is 0 Å². The highest BCUT2D eigenvalue weighted by Crippen LogP contribution is 2.35. The van der Waals surface area contributed by atoms with Gasteiger partial charge in [0, 0.05) is 20.1 Å². The Morgan fingerprint density at radius 2 is 1.31 bits per heavy atom. The topological polar surface area (TPSA) is 131 Å². The first-order chi connectivity index (χ1) is 25.1. The molecule has 2 aliphatic rings. The van der Waals surface area contributed by atoms with Crippen molar-refractivity contribution >= 4 is 11.9 Å². The largest absolute Gasteiger partial charge is 0.479 e. The van der Waals surface area contributed by atoms with Crippen molar-refractivity contribution in [2.75, 3.05) is 33.0 Å². The molecule has 7 atom stereocenters. The number of carboxylic acids is 1. The summed E-state index contributed by atoms with van der Waals surface area (Å²) in [7, 11) is 0. The number of ether oxygens (including phenoxy) is 7. The van der Waals surface area contributed by atoms with Crippen molar-refractivity contribution < 1.29 is 47.9 Å². The maximum Gasteiger partial charge on any atom is 0.332 e. The maximum absolute atomic E-state index is 12.4. The lowest BCUT2D eigenvalue weighted by molar-refractivity contribution is -0.375. The van der Waals surface area contributed by atoms with Gasteiger partial charge in [-0.15, -0.1) is 0 Å². The Bertz CT molecular complexity index is 920. The monoisotopic (exact) mass is 744 g/mol. The van der Waals surface area contributed by atoms with E-state index in [1.807, 2.05) is 0 Å². The average Bonchev–Trinajstić information content (AvgIpc) is 3.10. The quantitative estimate of drug-likeness (QED) is 0.0647. The van der Waals surface area contributed by atoms with Gasteiger partial charge in [-0.3, -0.25) is 4.79 Å². The minimum atomic E-state index is -1.15. The van der Waals surface area contributed by atoms with Gasteiger partial charge in [-0.1, -0.05) is 129 Å². The lowest BCUT2D eigenvalue weighted by Gasteiger charge is -2.51. The molecule has 2 rings (SSSR count). The van der Waals surface area contributed by atoms with Gasteiger partial charge in [0.05, 0.1) is 19.8 Å². The Kier molecular flexibility index (Phi) is 25.3. The predicted octanol–water partition coefficient (Wildman–Crippen LogP) is 8.49. The van der Waals surface area contributed by atoms with Crippen LogP contribution in [0.5, 0.6) is 0 Å². The summed E-state index contributed by atoms with van der Waals surface area (Å²) in [6.45, 7) is 13.0. The SMILES string of the molecule is CCCCCCCCCCCCOC[C@H](CO[C@@H]1O[C@@H]2COC(C)(C)O[C@H]2[C@H](O[C@H](C)C(=O)O)[C@H]1NC(C)=O)OCCCCCCCCCCCC. The van der Waals surface area contributed by atoms with Crippen LogP contribution in [0.15, 0.2) is 0 Å². The number of aliphatic carboxylic acids is 1. The van der Waals surface area contributed by atoms with Gasteiger partial charge < -0.3 is 43.6 Å². The Morgan fingerprint density at radius 3 is 1.83 bits per heavy atom. The van der Waals surface area contributed by atoms with E-state index in [-0.39, 0.29) is 25.2 Å². The summed E-state index contributed by atoms with van der Waals surface area (Å²) in [6, 6.07) is -0.829. The summed E-state index contributed by atoms with van der Waals surface area (Å²) >= 11 is 0. The van der Waals surface area contributed by atoms with Gasteiger partial charge in [0.1, 0.15) is 30.5 Å². The van der Waals surface area contributed by atoms with Crippen molar-refractivity contribution in [1.82, 2.24) is 5.32 Å². The molecule has 11 heteroatoms. The maximum atomic E-state index is 12.4. The molecule has 2 saturated heterocycles. The predicted molar refractivity (Wildman–Crippen MR) is 203 cm³/mol. The molecule has 1 amide bonds. The van der Waals surface area contributed by atoms with Gasteiger partial charge in [0.2, 0.25) is 5.91 Å². The second-order valence-corrected chi connectivity index (χ2v) is 15.4. The van der Waals surface area contributed by atoms with Gasteiger partial charge in [-0.05, 0) is 33.6 Å². The van der Waals surface area contributed by atoms with Crippen LogP contribution in [0.1, 0.15) is 170 Å². The number of unbranched alkanes of at least 4 members (excludes halogenated alkanes) is 18. The Labute approximate surface area is 316 Å². The molecule has 0 aromatic rings. The van der Waals surface area contributed by atoms with E-state index in [1.54, 1.807) is 13.8 Å². The van der Waals surface area contributed by atoms with Gasteiger partial charge in [-0.25, -0.2) is 4.79 Å². The second kappa shape index (κ2) is 28.1. The molecule has 2 heterocycles. The molecular weight excluding hydrogens is 666 g/mol. The van der Waals surface area contributed by atoms with Crippen LogP contribution in [-0.2, 0) is 42.7 Å². The first-order valence-corrected chi connectivity index (χ1v) is 21.0. The number of fused-ring (bicyclic) bond motifs is 1. The number of rotatable bonds is 32. The van der Waals surface area contributed by atoms with Crippen LogP contribution in [0.25, 0.3) is 0 Å². The van der Waals surface area contributed by atoms with Crippen molar-refractivity contribution in [2.24, 2.45) is 0 Å². The van der Waals surface area contributed by atoms with Gasteiger partial charge in [0.15, 0.2) is 18.2 Å². The second-order valence-electron chi connectivity index (χ2n) is 15.4. The molecule has 0 radical (unpaired) electrons. The number of carbonyl (C=O) groups excluding carboxylic acids is 1. The molecule has 0 aromatic carbocycles. The highest BCUT2D eigenvalue weighted by atomic mass is 16.8. The van der Waals surface area contributed by atoms with Gasteiger partial charge in [-0.2, -0.15) is 0 Å². The van der Waals surface area contributed by atoms with Crippen molar-refractivity contribution in [3.8, 4) is 0 Å². The summed E-state index contributed by atoms with van der Waals surface area (Å²) in [5, 5.41) is 12.6. The Hall–Kier alpha value is -1.34. The molecule has 2 fully saturated rings. The molecule has 0 saturated carbocycles. The minimum absolute atomic E-state index is 0.169. The number of hydrogen-bond acceptors (Lipinski definition) is 9. The number of amides is 1.